The Labute approximate surface area is 146 Å². The summed E-state index contributed by atoms with van der Waals surface area (Å²) < 4.78 is 10.3. The lowest BCUT2D eigenvalue weighted by Gasteiger charge is -2.15. The molecule has 25 heavy (non-hydrogen) atoms. The third-order valence-corrected chi connectivity index (χ3v) is 3.84. The summed E-state index contributed by atoms with van der Waals surface area (Å²) in [6.45, 7) is 0.0260. The Hall–Kier alpha value is -3.02. The van der Waals surface area contributed by atoms with E-state index in [1.807, 2.05) is 30.3 Å². The number of amides is 1. The van der Waals surface area contributed by atoms with Crippen LogP contribution in [-0.4, -0.2) is 37.7 Å². The topological polar surface area (TPSA) is 84.9 Å². The Morgan fingerprint density at radius 3 is 2.40 bits per heavy atom. The van der Waals surface area contributed by atoms with Gasteiger partial charge < -0.3 is 19.9 Å². The zero-order valence-corrected chi connectivity index (χ0v) is 14.2. The van der Waals surface area contributed by atoms with Gasteiger partial charge in [0.1, 0.15) is 11.5 Å². The molecule has 0 saturated heterocycles. The van der Waals surface area contributed by atoms with Gasteiger partial charge in [-0.3, -0.25) is 9.59 Å². The number of carbonyl (C=O) groups excluding carboxylic acids is 1. The molecule has 0 aliphatic carbocycles. The summed E-state index contributed by atoms with van der Waals surface area (Å²) >= 11 is 0. The first-order valence-electron chi connectivity index (χ1n) is 7.82. The van der Waals surface area contributed by atoms with E-state index >= 15 is 0 Å². The normalized spacial score (nSPS) is 11.4. The maximum Gasteiger partial charge on any atom is 0.308 e. The van der Waals surface area contributed by atoms with Crippen molar-refractivity contribution in [2.45, 2.75) is 6.42 Å². The van der Waals surface area contributed by atoms with Crippen LogP contribution in [0.1, 0.15) is 15.9 Å². The molecule has 2 N–H and O–H groups in total. The number of methoxy groups -OCH3 is 2. The minimum atomic E-state index is -0.953. The first-order chi connectivity index (χ1) is 12.0. The van der Waals surface area contributed by atoms with Gasteiger partial charge >= 0.3 is 5.97 Å². The summed E-state index contributed by atoms with van der Waals surface area (Å²) in [7, 11) is 2.98. The van der Waals surface area contributed by atoms with Crippen LogP contribution in [0.2, 0.25) is 0 Å². The highest BCUT2D eigenvalue weighted by Gasteiger charge is 2.20. The fourth-order valence-electron chi connectivity index (χ4n) is 2.44. The summed E-state index contributed by atoms with van der Waals surface area (Å²) in [5.74, 6) is -1.12. The molecule has 0 radical (unpaired) electrons. The van der Waals surface area contributed by atoms with Crippen LogP contribution in [0.5, 0.6) is 11.5 Å². The number of hydrogen-bond donors (Lipinski definition) is 2. The molecule has 1 unspecified atom stereocenters. The number of carboxylic acid groups (broad SMARTS) is 1. The predicted octanol–water partition coefficient (Wildman–Crippen LogP) is 2.38. The van der Waals surface area contributed by atoms with E-state index in [1.165, 1.54) is 14.2 Å². The standard InChI is InChI=1S/C19H21NO5/c1-24-15-8-9-16(17(11-15)25-2)18(21)20-12-14(19(22)23)10-13-6-4-3-5-7-13/h3-9,11,14H,10,12H2,1-2H3,(H,20,21)(H,22,23). The van der Waals surface area contributed by atoms with Crippen LogP contribution in [0.3, 0.4) is 0 Å². The van der Waals surface area contributed by atoms with Crippen LogP contribution in [0, 0.1) is 5.92 Å². The Morgan fingerprint density at radius 1 is 1.08 bits per heavy atom. The molecule has 0 heterocycles. The van der Waals surface area contributed by atoms with Crippen molar-refractivity contribution >= 4 is 11.9 Å². The molecular formula is C19H21NO5. The minimum Gasteiger partial charge on any atom is -0.497 e. The molecule has 6 heteroatoms. The zero-order chi connectivity index (χ0) is 18.2. The molecule has 2 aromatic rings. The first kappa shape index (κ1) is 18.3. The SMILES string of the molecule is COc1ccc(C(=O)NCC(Cc2ccccc2)C(=O)O)c(OC)c1. The number of rotatable bonds is 8. The zero-order valence-electron chi connectivity index (χ0n) is 14.2. The maximum absolute atomic E-state index is 12.4. The Bertz CT molecular complexity index is 730. The molecule has 0 spiro atoms. The van der Waals surface area contributed by atoms with E-state index in [2.05, 4.69) is 5.32 Å². The van der Waals surface area contributed by atoms with Crippen molar-refractivity contribution in [1.82, 2.24) is 5.32 Å². The maximum atomic E-state index is 12.4. The molecule has 0 bridgehead atoms. The Kier molecular flexibility index (Phi) is 6.39. The van der Waals surface area contributed by atoms with E-state index < -0.39 is 11.9 Å². The molecule has 6 nitrogen and oxygen atoms in total. The highest BCUT2D eigenvalue weighted by Crippen LogP contribution is 2.24. The molecule has 1 atom stereocenters. The van der Waals surface area contributed by atoms with Gasteiger partial charge in [-0.15, -0.1) is 0 Å². The van der Waals surface area contributed by atoms with Crippen LogP contribution in [0.15, 0.2) is 48.5 Å². The van der Waals surface area contributed by atoms with Gasteiger partial charge in [-0.2, -0.15) is 0 Å². The second kappa shape index (κ2) is 8.73. The minimum absolute atomic E-state index is 0.0260. The first-order valence-corrected chi connectivity index (χ1v) is 7.82. The van der Waals surface area contributed by atoms with Crippen LogP contribution in [0.4, 0.5) is 0 Å². The molecule has 0 aromatic heterocycles. The van der Waals surface area contributed by atoms with Crippen molar-refractivity contribution in [2.24, 2.45) is 5.92 Å². The lowest BCUT2D eigenvalue weighted by molar-refractivity contribution is -0.141. The monoisotopic (exact) mass is 343 g/mol. The van der Waals surface area contributed by atoms with E-state index in [9.17, 15) is 14.7 Å². The fraction of sp³-hybridized carbons (Fsp3) is 0.263. The number of carbonyl (C=O) groups is 2. The lowest BCUT2D eigenvalue weighted by atomic mass is 9.99. The third-order valence-electron chi connectivity index (χ3n) is 3.84. The van der Waals surface area contributed by atoms with Gasteiger partial charge in [0.2, 0.25) is 0 Å². The summed E-state index contributed by atoms with van der Waals surface area (Å²) in [6, 6.07) is 14.2. The van der Waals surface area contributed by atoms with Crippen molar-refractivity contribution < 1.29 is 24.2 Å². The largest absolute Gasteiger partial charge is 0.497 e. The molecule has 2 rings (SSSR count). The average Bonchev–Trinajstić information content (AvgIpc) is 2.64. The predicted molar refractivity (Wildman–Crippen MR) is 93.2 cm³/mol. The van der Waals surface area contributed by atoms with Gasteiger partial charge in [-0.25, -0.2) is 0 Å². The van der Waals surface area contributed by atoms with Crippen LogP contribution in [0.25, 0.3) is 0 Å². The molecule has 0 aliphatic rings. The van der Waals surface area contributed by atoms with Gasteiger partial charge in [-0.1, -0.05) is 30.3 Å². The van der Waals surface area contributed by atoms with Crippen molar-refractivity contribution in [2.75, 3.05) is 20.8 Å². The summed E-state index contributed by atoms with van der Waals surface area (Å²) in [5.41, 5.74) is 1.23. The van der Waals surface area contributed by atoms with Crippen LogP contribution >= 0.6 is 0 Å². The third kappa shape index (κ3) is 4.97. The molecule has 132 valence electrons. The lowest BCUT2D eigenvalue weighted by Crippen LogP contribution is -2.34. The number of nitrogens with one attached hydrogen (secondary N) is 1. The van der Waals surface area contributed by atoms with Gasteiger partial charge in [-0.05, 0) is 24.1 Å². The van der Waals surface area contributed by atoms with Crippen molar-refractivity contribution in [3.63, 3.8) is 0 Å². The Balaban J connectivity index is 2.05. The average molecular weight is 343 g/mol. The van der Waals surface area contributed by atoms with E-state index in [4.69, 9.17) is 9.47 Å². The summed E-state index contributed by atoms with van der Waals surface area (Å²) in [4.78, 5) is 23.8. The van der Waals surface area contributed by atoms with Gasteiger partial charge in [0.25, 0.3) is 5.91 Å². The fourth-order valence-corrected chi connectivity index (χ4v) is 2.44. The van der Waals surface area contributed by atoms with Gasteiger partial charge in [0, 0.05) is 12.6 Å². The number of aliphatic carboxylic acids is 1. The Morgan fingerprint density at radius 2 is 1.80 bits per heavy atom. The highest BCUT2D eigenvalue weighted by atomic mass is 16.5. The number of benzene rings is 2. The highest BCUT2D eigenvalue weighted by molar-refractivity contribution is 5.97. The van der Waals surface area contributed by atoms with Crippen molar-refractivity contribution in [1.29, 1.82) is 0 Å². The summed E-state index contributed by atoms with van der Waals surface area (Å²) in [5, 5.41) is 12.1. The molecular weight excluding hydrogens is 322 g/mol. The number of hydrogen-bond acceptors (Lipinski definition) is 4. The van der Waals surface area contributed by atoms with E-state index in [-0.39, 0.29) is 12.5 Å². The molecule has 0 saturated carbocycles. The van der Waals surface area contributed by atoms with E-state index in [0.717, 1.165) is 5.56 Å². The molecule has 0 aliphatic heterocycles. The van der Waals surface area contributed by atoms with Crippen molar-refractivity contribution in [3.05, 3.63) is 59.7 Å². The molecule has 1 amide bonds. The number of ether oxygens (including phenoxy) is 2. The second-order valence-electron chi connectivity index (χ2n) is 5.50. The number of carboxylic acids is 1. The quantitative estimate of drug-likeness (QED) is 0.769. The second-order valence-corrected chi connectivity index (χ2v) is 5.50. The van der Waals surface area contributed by atoms with E-state index in [1.54, 1.807) is 18.2 Å². The van der Waals surface area contributed by atoms with Gasteiger partial charge in [0.15, 0.2) is 0 Å². The molecule has 2 aromatic carbocycles. The smallest absolute Gasteiger partial charge is 0.308 e. The summed E-state index contributed by atoms with van der Waals surface area (Å²) in [6.07, 6.45) is 0.343. The van der Waals surface area contributed by atoms with Crippen LogP contribution < -0.4 is 14.8 Å². The van der Waals surface area contributed by atoms with Crippen LogP contribution in [-0.2, 0) is 11.2 Å². The van der Waals surface area contributed by atoms with Crippen molar-refractivity contribution in [3.8, 4) is 11.5 Å². The van der Waals surface area contributed by atoms with E-state index in [0.29, 0.717) is 23.5 Å². The molecule has 0 fully saturated rings. The van der Waals surface area contributed by atoms with Gasteiger partial charge in [0.05, 0.1) is 25.7 Å².